The van der Waals surface area contributed by atoms with E-state index in [-0.39, 0.29) is 0 Å². The monoisotopic (exact) mass is 360 g/mol. The van der Waals surface area contributed by atoms with Crippen molar-refractivity contribution in [2.75, 3.05) is 24.2 Å². The number of benzene rings is 2. The summed E-state index contributed by atoms with van der Waals surface area (Å²) in [5, 5.41) is 7.07. The summed E-state index contributed by atoms with van der Waals surface area (Å²) < 4.78 is 5.59. The van der Waals surface area contributed by atoms with Crippen molar-refractivity contribution in [3.05, 3.63) is 54.1 Å². The minimum absolute atomic E-state index is 0.627. The maximum Gasteiger partial charge on any atom is 0.170 e. The number of nitrogens with one attached hydrogen (secondary N) is 2. The number of para-hydroxylation sites is 2. The van der Waals surface area contributed by atoms with E-state index in [2.05, 4.69) is 41.8 Å². The van der Waals surface area contributed by atoms with Crippen LogP contribution in [0.4, 0.5) is 5.69 Å². The number of hydrogen-bond donors (Lipinski definition) is 2. The molecule has 0 aromatic heterocycles. The number of hydrogen-bond acceptors (Lipinski definition) is 3. The number of thiocarbonyl (C=S) groups is 1. The van der Waals surface area contributed by atoms with Gasteiger partial charge in [-0.25, -0.2) is 0 Å². The van der Waals surface area contributed by atoms with Crippen LogP contribution in [0.2, 0.25) is 0 Å². The highest BCUT2D eigenvalue weighted by atomic mass is 32.2. The molecular weight excluding hydrogens is 336 g/mol. The Morgan fingerprint density at radius 1 is 1.12 bits per heavy atom. The van der Waals surface area contributed by atoms with Crippen LogP contribution in [-0.4, -0.2) is 24.0 Å². The molecule has 0 radical (unpaired) electrons. The van der Waals surface area contributed by atoms with E-state index in [9.17, 15) is 0 Å². The molecule has 5 heteroatoms. The fraction of sp³-hybridized carbons (Fsp3) is 0.316. The van der Waals surface area contributed by atoms with Gasteiger partial charge in [0.05, 0.1) is 12.3 Å². The molecule has 2 N–H and O–H groups in total. The summed E-state index contributed by atoms with van der Waals surface area (Å²) in [6.45, 7) is 5.56. The molecule has 0 aliphatic heterocycles. The number of rotatable bonds is 8. The second-order valence-electron chi connectivity index (χ2n) is 5.33. The molecule has 0 saturated heterocycles. The summed E-state index contributed by atoms with van der Waals surface area (Å²) in [7, 11) is 0. The Kier molecular flexibility index (Phi) is 7.92. The van der Waals surface area contributed by atoms with E-state index >= 15 is 0 Å². The van der Waals surface area contributed by atoms with Crippen molar-refractivity contribution >= 4 is 34.8 Å². The van der Waals surface area contributed by atoms with Gasteiger partial charge in [0.1, 0.15) is 5.75 Å². The van der Waals surface area contributed by atoms with Gasteiger partial charge in [-0.05, 0) is 62.5 Å². The summed E-state index contributed by atoms with van der Waals surface area (Å²) in [6, 6.07) is 16.5. The average molecular weight is 361 g/mol. The van der Waals surface area contributed by atoms with Crippen molar-refractivity contribution < 1.29 is 4.74 Å². The lowest BCUT2D eigenvalue weighted by Crippen LogP contribution is -2.29. The predicted octanol–water partition coefficient (Wildman–Crippen LogP) is 4.86. The molecule has 0 spiro atoms. The van der Waals surface area contributed by atoms with E-state index in [1.807, 2.05) is 43.0 Å². The molecular formula is C19H24N2OS2. The molecule has 0 aliphatic rings. The number of ether oxygens (including phenoxy) is 1. The maximum absolute atomic E-state index is 5.59. The topological polar surface area (TPSA) is 33.3 Å². The fourth-order valence-electron chi connectivity index (χ4n) is 2.12. The van der Waals surface area contributed by atoms with Gasteiger partial charge < -0.3 is 15.4 Å². The lowest BCUT2D eigenvalue weighted by molar-refractivity contribution is 0.342. The molecule has 0 unspecified atom stereocenters. The van der Waals surface area contributed by atoms with Gasteiger partial charge in [-0.2, -0.15) is 0 Å². The zero-order valence-corrected chi connectivity index (χ0v) is 15.8. The Labute approximate surface area is 154 Å². The first-order valence-corrected chi connectivity index (χ1v) is 9.54. The van der Waals surface area contributed by atoms with Crippen LogP contribution >= 0.6 is 24.0 Å². The molecule has 0 bridgehead atoms. The van der Waals surface area contributed by atoms with Gasteiger partial charge in [-0.1, -0.05) is 29.8 Å². The SMILES string of the molecule is CCOc1ccccc1NC(=S)NCCCSc1ccc(C)cc1. The largest absolute Gasteiger partial charge is 0.492 e. The van der Waals surface area contributed by atoms with Gasteiger partial charge in [0.25, 0.3) is 0 Å². The van der Waals surface area contributed by atoms with Crippen LogP contribution in [0.3, 0.4) is 0 Å². The standard InChI is InChI=1S/C19H24N2OS2/c1-3-22-18-8-5-4-7-17(18)21-19(23)20-13-6-14-24-16-11-9-15(2)10-12-16/h4-5,7-12H,3,6,13-14H2,1-2H3,(H2,20,21,23). The normalized spacial score (nSPS) is 10.2. The van der Waals surface area contributed by atoms with Crippen LogP contribution in [0, 0.1) is 6.92 Å². The van der Waals surface area contributed by atoms with Crippen molar-refractivity contribution in [1.82, 2.24) is 5.32 Å². The third-order valence-corrected chi connectivity index (χ3v) is 4.68. The minimum atomic E-state index is 0.627. The van der Waals surface area contributed by atoms with Crippen molar-refractivity contribution in [2.24, 2.45) is 0 Å². The Morgan fingerprint density at radius 3 is 2.62 bits per heavy atom. The first kappa shape index (κ1) is 18.6. The van der Waals surface area contributed by atoms with Crippen LogP contribution in [0.15, 0.2) is 53.4 Å². The molecule has 128 valence electrons. The molecule has 0 heterocycles. The Bertz CT molecular complexity index is 644. The van der Waals surface area contributed by atoms with E-state index in [0.717, 1.165) is 30.2 Å². The quantitative estimate of drug-likeness (QED) is 0.399. The second kappa shape index (κ2) is 10.2. The van der Waals surface area contributed by atoms with Crippen LogP contribution in [0.1, 0.15) is 18.9 Å². The number of aryl methyl sites for hydroxylation is 1. The van der Waals surface area contributed by atoms with Crippen molar-refractivity contribution in [2.45, 2.75) is 25.2 Å². The Balaban J connectivity index is 1.67. The van der Waals surface area contributed by atoms with Gasteiger partial charge in [-0.3, -0.25) is 0 Å². The molecule has 2 rings (SSSR count). The van der Waals surface area contributed by atoms with Gasteiger partial charge in [0.15, 0.2) is 5.11 Å². The Morgan fingerprint density at radius 2 is 1.88 bits per heavy atom. The van der Waals surface area contributed by atoms with Crippen LogP contribution < -0.4 is 15.4 Å². The maximum atomic E-state index is 5.59. The first-order chi connectivity index (χ1) is 11.7. The minimum Gasteiger partial charge on any atom is -0.492 e. The van der Waals surface area contributed by atoms with E-state index in [4.69, 9.17) is 17.0 Å². The van der Waals surface area contributed by atoms with Crippen molar-refractivity contribution in [1.29, 1.82) is 0 Å². The highest BCUT2D eigenvalue weighted by Gasteiger charge is 2.04. The third-order valence-electron chi connectivity index (χ3n) is 3.33. The lowest BCUT2D eigenvalue weighted by atomic mass is 10.2. The van der Waals surface area contributed by atoms with E-state index in [0.29, 0.717) is 11.7 Å². The van der Waals surface area contributed by atoms with Gasteiger partial charge in [0.2, 0.25) is 0 Å². The molecule has 3 nitrogen and oxygen atoms in total. The molecule has 0 saturated carbocycles. The van der Waals surface area contributed by atoms with E-state index in [1.54, 1.807) is 0 Å². The highest BCUT2D eigenvalue weighted by molar-refractivity contribution is 7.99. The van der Waals surface area contributed by atoms with Gasteiger partial charge in [0, 0.05) is 11.4 Å². The predicted molar refractivity (Wildman–Crippen MR) is 108 cm³/mol. The molecule has 0 fully saturated rings. The number of anilines is 1. The summed E-state index contributed by atoms with van der Waals surface area (Å²) in [4.78, 5) is 1.31. The summed E-state index contributed by atoms with van der Waals surface area (Å²) >= 11 is 7.22. The smallest absolute Gasteiger partial charge is 0.170 e. The third kappa shape index (κ3) is 6.42. The zero-order chi connectivity index (χ0) is 17.2. The summed E-state index contributed by atoms with van der Waals surface area (Å²) in [6.07, 6.45) is 1.05. The molecule has 2 aromatic rings. The lowest BCUT2D eigenvalue weighted by Gasteiger charge is -2.14. The summed E-state index contributed by atoms with van der Waals surface area (Å²) in [5.41, 5.74) is 2.19. The van der Waals surface area contributed by atoms with Crippen LogP contribution in [0.25, 0.3) is 0 Å². The van der Waals surface area contributed by atoms with Gasteiger partial charge >= 0.3 is 0 Å². The Hall–Kier alpha value is -1.72. The summed E-state index contributed by atoms with van der Waals surface area (Å²) in [5.74, 6) is 1.88. The van der Waals surface area contributed by atoms with Crippen molar-refractivity contribution in [3.8, 4) is 5.75 Å². The average Bonchev–Trinajstić information content (AvgIpc) is 2.58. The van der Waals surface area contributed by atoms with Gasteiger partial charge in [-0.15, -0.1) is 11.8 Å². The second-order valence-corrected chi connectivity index (χ2v) is 6.90. The zero-order valence-electron chi connectivity index (χ0n) is 14.2. The molecule has 0 aliphatic carbocycles. The first-order valence-electron chi connectivity index (χ1n) is 8.15. The molecule has 0 amide bonds. The van der Waals surface area contributed by atoms with Crippen molar-refractivity contribution in [3.63, 3.8) is 0 Å². The fourth-order valence-corrected chi connectivity index (χ4v) is 3.18. The van der Waals surface area contributed by atoms with Crippen LogP contribution in [0.5, 0.6) is 5.75 Å². The highest BCUT2D eigenvalue weighted by Crippen LogP contribution is 2.23. The van der Waals surface area contributed by atoms with E-state index < -0.39 is 0 Å². The van der Waals surface area contributed by atoms with Crippen LogP contribution in [-0.2, 0) is 0 Å². The number of thioether (sulfide) groups is 1. The molecule has 0 atom stereocenters. The molecule has 24 heavy (non-hydrogen) atoms. The molecule has 2 aromatic carbocycles. The van der Waals surface area contributed by atoms with E-state index in [1.165, 1.54) is 10.5 Å².